The van der Waals surface area contributed by atoms with Crippen molar-refractivity contribution in [2.45, 2.75) is 25.3 Å². The third-order valence-corrected chi connectivity index (χ3v) is 4.05. The first kappa shape index (κ1) is 14.3. The fourth-order valence-corrected chi connectivity index (χ4v) is 2.99. The molecule has 1 fully saturated rings. The number of pyridine rings is 1. The predicted molar refractivity (Wildman–Crippen MR) is 82.9 cm³/mol. The summed E-state index contributed by atoms with van der Waals surface area (Å²) in [5, 5.41) is 21.1. The summed E-state index contributed by atoms with van der Waals surface area (Å²) in [6, 6.07) is 8.13. The summed E-state index contributed by atoms with van der Waals surface area (Å²) in [5.74, 6) is 0.0707. The van der Waals surface area contributed by atoms with E-state index in [-0.39, 0.29) is 17.5 Å². The molecule has 114 valence electrons. The predicted octanol–water partition coefficient (Wildman–Crippen LogP) is 3.43. The van der Waals surface area contributed by atoms with Crippen molar-refractivity contribution in [3.05, 3.63) is 58.4 Å². The maximum atomic E-state index is 11.0. The number of piperidine rings is 1. The average molecular weight is 299 g/mol. The number of phenols is 1. The first-order valence-electron chi connectivity index (χ1n) is 7.31. The third-order valence-electron chi connectivity index (χ3n) is 4.05. The van der Waals surface area contributed by atoms with Gasteiger partial charge in [-0.05, 0) is 37.0 Å². The summed E-state index contributed by atoms with van der Waals surface area (Å²) >= 11 is 0. The van der Waals surface area contributed by atoms with E-state index in [0.717, 1.165) is 31.4 Å². The highest BCUT2D eigenvalue weighted by atomic mass is 16.6. The van der Waals surface area contributed by atoms with Gasteiger partial charge >= 0.3 is 0 Å². The molecule has 1 atom stereocenters. The summed E-state index contributed by atoms with van der Waals surface area (Å²) in [6.07, 6.45) is 6.57. The van der Waals surface area contributed by atoms with Crippen molar-refractivity contribution in [2.75, 3.05) is 11.4 Å². The van der Waals surface area contributed by atoms with E-state index in [1.165, 1.54) is 18.2 Å². The number of nitro benzene ring substituents is 1. The van der Waals surface area contributed by atoms with Crippen LogP contribution in [0.1, 0.15) is 30.9 Å². The van der Waals surface area contributed by atoms with Crippen LogP contribution in [0.15, 0.2) is 42.7 Å². The molecular formula is C16H17N3O3. The lowest BCUT2D eigenvalue weighted by Crippen LogP contribution is -2.33. The van der Waals surface area contributed by atoms with Crippen molar-refractivity contribution in [2.24, 2.45) is 0 Å². The van der Waals surface area contributed by atoms with E-state index >= 15 is 0 Å². The minimum atomic E-state index is -0.439. The summed E-state index contributed by atoms with van der Waals surface area (Å²) in [5.41, 5.74) is 1.57. The van der Waals surface area contributed by atoms with Gasteiger partial charge in [0, 0.05) is 31.1 Å². The van der Waals surface area contributed by atoms with E-state index in [1.807, 2.05) is 23.2 Å². The fraction of sp³-hybridized carbons (Fsp3) is 0.312. The van der Waals surface area contributed by atoms with Crippen LogP contribution in [0.4, 0.5) is 11.4 Å². The Morgan fingerprint density at radius 2 is 2.18 bits per heavy atom. The van der Waals surface area contributed by atoms with E-state index in [9.17, 15) is 15.2 Å². The summed E-state index contributed by atoms with van der Waals surface area (Å²) in [4.78, 5) is 16.8. The molecule has 2 heterocycles. The van der Waals surface area contributed by atoms with E-state index in [0.29, 0.717) is 5.69 Å². The van der Waals surface area contributed by atoms with Crippen LogP contribution in [0.3, 0.4) is 0 Å². The highest BCUT2D eigenvalue weighted by molar-refractivity contribution is 5.63. The van der Waals surface area contributed by atoms with Crippen LogP contribution < -0.4 is 4.90 Å². The molecule has 0 unspecified atom stereocenters. The van der Waals surface area contributed by atoms with E-state index in [4.69, 9.17) is 0 Å². The van der Waals surface area contributed by atoms with Gasteiger partial charge in [0.25, 0.3) is 5.69 Å². The lowest BCUT2D eigenvalue weighted by atomic mass is 9.95. The number of hydrogen-bond acceptors (Lipinski definition) is 5. The van der Waals surface area contributed by atoms with Crippen molar-refractivity contribution < 1.29 is 10.0 Å². The third kappa shape index (κ3) is 2.72. The Morgan fingerprint density at radius 1 is 1.32 bits per heavy atom. The summed E-state index contributed by atoms with van der Waals surface area (Å²) in [6.45, 7) is 0.758. The van der Waals surface area contributed by atoms with Crippen LogP contribution in [-0.2, 0) is 0 Å². The second-order valence-corrected chi connectivity index (χ2v) is 5.42. The maximum absolute atomic E-state index is 11.0. The van der Waals surface area contributed by atoms with Crippen molar-refractivity contribution in [1.82, 2.24) is 4.98 Å². The molecule has 0 spiro atoms. The van der Waals surface area contributed by atoms with Gasteiger partial charge in [-0.25, -0.2) is 0 Å². The molecule has 22 heavy (non-hydrogen) atoms. The molecule has 1 aliphatic rings. The zero-order valence-corrected chi connectivity index (χ0v) is 12.1. The minimum absolute atomic E-state index is 0.0108. The second kappa shape index (κ2) is 6.01. The van der Waals surface area contributed by atoms with Crippen molar-refractivity contribution >= 4 is 11.4 Å². The van der Waals surface area contributed by atoms with Gasteiger partial charge in [-0.15, -0.1) is 0 Å². The average Bonchev–Trinajstić information content (AvgIpc) is 2.56. The molecule has 1 aliphatic heterocycles. The number of phenolic OH excluding ortho intramolecular Hbond substituents is 1. The van der Waals surface area contributed by atoms with E-state index in [2.05, 4.69) is 4.98 Å². The van der Waals surface area contributed by atoms with Crippen molar-refractivity contribution in [1.29, 1.82) is 0 Å². The SMILES string of the molecule is O=[N+]([O-])c1ccc(O)c(N2CCCC[C@@H]2c2cccnc2)c1. The molecule has 0 bridgehead atoms. The van der Waals surface area contributed by atoms with E-state index < -0.39 is 4.92 Å². The Balaban J connectivity index is 2.01. The van der Waals surface area contributed by atoms with E-state index in [1.54, 1.807) is 6.20 Å². The molecule has 1 aromatic heterocycles. The topological polar surface area (TPSA) is 79.5 Å². The number of aromatic hydroxyl groups is 1. The Bertz CT molecular complexity index is 676. The largest absolute Gasteiger partial charge is 0.506 e. The molecule has 2 aromatic rings. The highest BCUT2D eigenvalue weighted by Gasteiger charge is 2.27. The standard InChI is InChI=1S/C16H17N3O3/c20-16-7-6-13(19(21)22)10-15(16)18-9-2-1-5-14(18)12-4-3-8-17-11-12/h3-4,6-8,10-11,14,20H,1-2,5,9H2/t14-/m1/s1. The number of benzene rings is 1. The van der Waals surface area contributed by atoms with Gasteiger partial charge in [0.1, 0.15) is 5.75 Å². The van der Waals surface area contributed by atoms with Crippen LogP contribution in [0.5, 0.6) is 5.75 Å². The van der Waals surface area contributed by atoms with Crippen molar-refractivity contribution in [3.63, 3.8) is 0 Å². The molecule has 3 rings (SSSR count). The zero-order chi connectivity index (χ0) is 15.5. The zero-order valence-electron chi connectivity index (χ0n) is 12.1. The number of hydrogen-bond donors (Lipinski definition) is 1. The maximum Gasteiger partial charge on any atom is 0.271 e. The van der Waals surface area contributed by atoms with Gasteiger partial charge in [0.05, 0.1) is 16.7 Å². The smallest absolute Gasteiger partial charge is 0.271 e. The molecule has 0 radical (unpaired) electrons. The Labute approximate surface area is 128 Å². The van der Waals surface area contributed by atoms with Crippen molar-refractivity contribution in [3.8, 4) is 5.75 Å². The van der Waals surface area contributed by atoms with Gasteiger partial charge in [0.15, 0.2) is 0 Å². The number of aromatic nitrogens is 1. The monoisotopic (exact) mass is 299 g/mol. The molecule has 0 amide bonds. The summed E-state index contributed by atoms with van der Waals surface area (Å²) in [7, 11) is 0. The highest BCUT2D eigenvalue weighted by Crippen LogP contribution is 2.40. The number of non-ortho nitro benzene ring substituents is 1. The normalized spacial score (nSPS) is 18.2. The van der Waals surface area contributed by atoms with Gasteiger partial charge in [-0.1, -0.05) is 6.07 Å². The molecule has 6 nitrogen and oxygen atoms in total. The Kier molecular flexibility index (Phi) is 3.91. The van der Waals surface area contributed by atoms with Gasteiger partial charge in [-0.2, -0.15) is 0 Å². The molecule has 1 saturated heterocycles. The lowest BCUT2D eigenvalue weighted by molar-refractivity contribution is -0.384. The van der Waals surface area contributed by atoms with Gasteiger partial charge in [0.2, 0.25) is 0 Å². The minimum Gasteiger partial charge on any atom is -0.506 e. The lowest BCUT2D eigenvalue weighted by Gasteiger charge is -2.37. The number of rotatable bonds is 3. The fourth-order valence-electron chi connectivity index (χ4n) is 2.99. The van der Waals surface area contributed by atoms with Gasteiger partial charge in [-0.3, -0.25) is 15.1 Å². The molecule has 1 aromatic carbocycles. The van der Waals surface area contributed by atoms with Crippen LogP contribution in [0.25, 0.3) is 0 Å². The number of anilines is 1. The first-order chi connectivity index (χ1) is 10.7. The van der Waals surface area contributed by atoms with Crippen LogP contribution >= 0.6 is 0 Å². The second-order valence-electron chi connectivity index (χ2n) is 5.42. The van der Waals surface area contributed by atoms with Gasteiger partial charge < -0.3 is 10.0 Å². The number of nitro groups is 1. The molecule has 0 aliphatic carbocycles. The molecular weight excluding hydrogens is 282 g/mol. The Morgan fingerprint density at radius 3 is 2.91 bits per heavy atom. The molecule has 6 heteroatoms. The molecule has 1 N–H and O–H groups in total. The van der Waals surface area contributed by atoms with Crippen LogP contribution in [0.2, 0.25) is 0 Å². The van der Waals surface area contributed by atoms with Crippen LogP contribution in [0, 0.1) is 10.1 Å². The molecule has 0 saturated carbocycles. The summed E-state index contributed by atoms with van der Waals surface area (Å²) < 4.78 is 0. The first-order valence-corrected chi connectivity index (χ1v) is 7.31. The van der Waals surface area contributed by atoms with Crippen LogP contribution in [-0.4, -0.2) is 21.6 Å². The Hall–Kier alpha value is -2.63. The quantitative estimate of drug-likeness (QED) is 0.694. The number of nitrogens with zero attached hydrogens (tertiary/aromatic N) is 3.